The molecule has 1 N–H and O–H groups in total. The molecule has 1 unspecified atom stereocenters. The number of carbonyl (C=O) groups excluding carboxylic acids is 1. The van der Waals surface area contributed by atoms with E-state index in [1.54, 1.807) is 23.9 Å². The largest absolute Gasteiger partial charge is 0.390 e. The first-order valence-electron chi connectivity index (χ1n) is 10.1. The number of carbonyl (C=O) groups is 1. The van der Waals surface area contributed by atoms with Crippen molar-refractivity contribution >= 4 is 28.3 Å². The number of alkyl halides is 1. The third-order valence-electron chi connectivity index (χ3n) is 7.94. The summed E-state index contributed by atoms with van der Waals surface area (Å²) >= 11 is 1.62. The maximum Gasteiger partial charge on any atom is 0.178 e. The number of aliphatic hydroxyl groups excluding tert-OH is 1. The molecule has 0 heterocycles. The summed E-state index contributed by atoms with van der Waals surface area (Å²) in [6.45, 7) is 5.84. The third-order valence-corrected chi connectivity index (χ3v) is 10.6. The Morgan fingerprint density at radius 3 is 2.71 bits per heavy atom. The van der Waals surface area contributed by atoms with Gasteiger partial charge in [-0.1, -0.05) is 25.5 Å². The van der Waals surface area contributed by atoms with Gasteiger partial charge in [0, 0.05) is 38.2 Å². The summed E-state index contributed by atoms with van der Waals surface area (Å²) in [7, 11) is -1.10. The fraction of sp³-hybridized carbons (Fsp3) is 0.682. The van der Waals surface area contributed by atoms with Crippen molar-refractivity contribution in [3.05, 3.63) is 33.6 Å². The standard InChI is InChI=1S/C22H29FO3S2/c1-5-28(26)19-17(27-4)11-16-15-7-6-13-10-14(24)8-9-21(13,3)22(15,23)18(25)12-20(16,19)2/h8-10,15-16,18,25H,5-7,11-12H2,1-4H3/t15-,16-,18-,20-,21-,22-,28?/m0/s1. The number of rotatable bonds is 3. The number of aliphatic hydroxyl groups is 1. The van der Waals surface area contributed by atoms with Crippen LogP contribution in [-0.2, 0) is 15.6 Å². The molecular weight excluding hydrogens is 395 g/mol. The van der Waals surface area contributed by atoms with Gasteiger partial charge in [0.2, 0.25) is 0 Å². The summed E-state index contributed by atoms with van der Waals surface area (Å²) in [5.41, 5.74) is -2.41. The molecule has 28 heavy (non-hydrogen) atoms. The predicted molar refractivity (Wildman–Crippen MR) is 113 cm³/mol. The van der Waals surface area contributed by atoms with Crippen molar-refractivity contribution in [1.82, 2.24) is 0 Å². The van der Waals surface area contributed by atoms with E-state index >= 15 is 4.39 Å². The van der Waals surface area contributed by atoms with E-state index in [2.05, 4.69) is 6.92 Å². The number of thioether (sulfide) groups is 1. The molecule has 7 atom stereocenters. The summed E-state index contributed by atoms with van der Waals surface area (Å²) in [5.74, 6) is 0.143. The van der Waals surface area contributed by atoms with E-state index < -0.39 is 33.4 Å². The van der Waals surface area contributed by atoms with Gasteiger partial charge in [0.15, 0.2) is 11.5 Å². The molecule has 0 aliphatic heterocycles. The molecule has 0 spiro atoms. The van der Waals surface area contributed by atoms with Gasteiger partial charge in [-0.3, -0.25) is 9.00 Å². The Balaban J connectivity index is 1.82. The first-order valence-corrected chi connectivity index (χ1v) is 12.6. The Labute approximate surface area is 173 Å². The van der Waals surface area contributed by atoms with E-state index in [0.29, 0.717) is 18.6 Å². The van der Waals surface area contributed by atoms with Crippen LogP contribution in [0, 0.1) is 22.7 Å². The molecule has 4 aliphatic carbocycles. The highest BCUT2D eigenvalue weighted by molar-refractivity contribution is 8.03. The highest BCUT2D eigenvalue weighted by atomic mass is 32.2. The molecule has 2 fully saturated rings. The van der Waals surface area contributed by atoms with Gasteiger partial charge < -0.3 is 5.11 Å². The SMILES string of the molecule is CCS(=O)C1=C(SC)C[C@H]2[C@@H]3CCC4=CC(=O)C=C[C@]4(C)[C@@]3(F)[C@@H](O)C[C@]12C. The van der Waals surface area contributed by atoms with Crippen molar-refractivity contribution < 1.29 is 18.5 Å². The second kappa shape index (κ2) is 6.64. The first-order chi connectivity index (χ1) is 13.1. The predicted octanol–water partition coefficient (Wildman–Crippen LogP) is 4.31. The van der Waals surface area contributed by atoms with Crippen LogP contribution in [0.1, 0.15) is 46.5 Å². The molecule has 4 aliphatic rings. The summed E-state index contributed by atoms with van der Waals surface area (Å²) in [5, 5.41) is 11.2. The zero-order valence-electron chi connectivity index (χ0n) is 17.0. The zero-order chi connectivity index (χ0) is 20.5. The van der Waals surface area contributed by atoms with Crippen LogP contribution in [0.3, 0.4) is 0 Å². The summed E-state index contributed by atoms with van der Waals surface area (Å²) < 4.78 is 29.9. The molecule has 0 radical (unpaired) electrons. The van der Waals surface area contributed by atoms with Crippen LogP contribution < -0.4 is 0 Å². The summed E-state index contributed by atoms with van der Waals surface area (Å²) in [6, 6.07) is 0. The van der Waals surface area contributed by atoms with Crippen LogP contribution in [0.25, 0.3) is 0 Å². The first kappa shape index (κ1) is 20.5. The lowest BCUT2D eigenvalue weighted by molar-refractivity contribution is -0.184. The second-order valence-corrected chi connectivity index (χ2v) is 11.6. The van der Waals surface area contributed by atoms with Crippen molar-refractivity contribution in [3.8, 4) is 0 Å². The third kappa shape index (κ3) is 2.43. The number of allylic oxidation sites excluding steroid dienone is 6. The highest BCUT2D eigenvalue weighted by Gasteiger charge is 2.70. The maximum atomic E-state index is 17.0. The molecule has 0 aromatic rings. The molecule has 0 amide bonds. The molecule has 0 aromatic heterocycles. The molecule has 0 bridgehead atoms. The minimum atomic E-state index is -1.81. The Bertz CT molecular complexity index is 847. The van der Waals surface area contributed by atoms with Gasteiger partial charge in [-0.25, -0.2) is 4.39 Å². The topological polar surface area (TPSA) is 54.4 Å². The van der Waals surface area contributed by atoms with Gasteiger partial charge in [-0.15, -0.1) is 11.8 Å². The summed E-state index contributed by atoms with van der Waals surface area (Å²) in [4.78, 5) is 13.9. The minimum absolute atomic E-state index is 0.0262. The van der Waals surface area contributed by atoms with E-state index in [4.69, 9.17) is 0 Å². The molecule has 6 heteroatoms. The van der Waals surface area contributed by atoms with E-state index in [1.807, 2.05) is 20.1 Å². The maximum absolute atomic E-state index is 17.0. The number of fused-ring (bicyclic) bond motifs is 5. The number of halogens is 1. The van der Waals surface area contributed by atoms with Crippen LogP contribution in [-0.4, -0.2) is 38.9 Å². The van der Waals surface area contributed by atoms with Crippen molar-refractivity contribution in [1.29, 1.82) is 0 Å². The van der Waals surface area contributed by atoms with E-state index in [9.17, 15) is 14.1 Å². The van der Waals surface area contributed by atoms with Crippen LogP contribution in [0.2, 0.25) is 0 Å². The van der Waals surface area contributed by atoms with E-state index in [-0.39, 0.29) is 24.0 Å². The lowest BCUT2D eigenvalue weighted by Crippen LogP contribution is -2.66. The normalized spacial score (nSPS) is 46.0. The molecule has 154 valence electrons. The van der Waals surface area contributed by atoms with Crippen molar-refractivity contribution in [2.24, 2.45) is 22.7 Å². The molecule has 4 rings (SSSR count). The number of hydrogen-bond acceptors (Lipinski definition) is 4. The second-order valence-electron chi connectivity index (χ2n) is 9.06. The van der Waals surface area contributed by atoms with Crippen LogP contribution >= 0.6 is 11.8 Å². The van der Waals surface area contributed by atoms with Crippen LogP contribution in [0.5, 0.6) is 0 Å². The lowest BCUT2D eigenvalue weighted by atomic mass is 9.46. The van der Waals surface area contributed by atoms with Gasteiger partial charge in [-0.05, 0) is 61.8 Å². The van der Waals surface area contributed by atoms with Gasteiger partial charge in [0.1, 0.15) is 0 Å². The number of ketones is 1. The molecule has 0 aromatic carbocycles. The van der Waals surface area contributed by atoms with Gasteiger partial charge >= 0.3 is 0 Å². The van der Waals surface area contributed by atoms with Crippen molar-refractivity contribution in [2.45, 2.75) is 58.2 Å². The Kier molecular flexibility index (Phi) is 4.88. The Morgan fingerprint density at radius 1 is 1.36 bits per heavy atom. The quantitative estimate of drug-likeness (QED) is 0.733. The van der Waals surface area contributed by atoms with Gasteiger partial charge in [0.05, 0.1) is 6.10 Å². The van der Waals surface area contributed by atoms with Crippen molar-refractivity contribution in [3.63, 3.8) is 0 Å². The smallest absolute Gasteiger partial charge is 0.178 e. The summed E-state index contributed by atoms with van der Waals surface area (Å²) in [6.07, 6.45) is 7.84. The molecule has 0 saturated heterocycles. The monoisotopic (exact) mass is 424 g/mol. The van der Waals surface area contributed by atoms with E-state index in [1.165, 1.54) is 6.08 Å². The number of hydrogen-bond donors (Lipinski definition) is 1. The average Bonchev–Trinajstić information content (AvgIpc) is 2.95. The van der Waals surface area contributed by atoms with Gasteiger partial charge in [-0.2, -0.15) is 0 Å². The van der Waals surface area contributed by atoms with Gasteiger partial charge in [0.25, 0.3) is 0 Å². The average molecular weight is 425 g/mol. The van der Waals surface area contributed by atoms with Crippen LogP contribution in [0.15, 0.2) is 33.6 Å². The van der Waals surface area contributed by atoms with E-state index in [0.717, 1.165) is 21.8 Å². The fourth-order valence-electron chi connectivity index (χ4n) is 6.52. The van der Waals surface area contributed by atoms with Crippen molar-refractivity contribution in [2.75, 3.05) is 12.0 Å². The molecule has 2 saturated carbocycles. The fourth-order valence-corrected chi connectivity index (χ4v) is 9.19. The Morgan fingerprint density at radius 2 is 2.07 bits per heavy atom. The lowest BCUT2D eigenvalue weighted by Gasteiger charge is -2.61. The molecule has 3 nitrogen and oxygen atoms in total. The molecular formula is C22H29FO3S2. The highest BCUT2D eigenvalue weighted by Crippen LogP contribution is 2.69. The minimum Gasteiger partial charge on any atom is -0.390 e. The van der Waals surface area contributed by atoms with Crippen LogP contribution in [0.4, 0.5) is 4.39 Å². The zero-order valence-corrected chi connectivity index (χ0v) is 18.6. The Hall–Kier alpha value is -0.720.